The average Bonchev–Trinajstić information content (AvgIpc) is 3.15. The molecule has 0 radical (unpaired) electrons. The Morgan fingerprint density at radius 2 is 1.76 bits per heavy atom. The second-order valence-electron chi connectivity index (χ2n) is 8.72. The number of carbonyl (C=O) groups is 2. The van der Waals surface area contributed by atoms with Gasteiger partial charge in [0.15, 0.2) is 11.5 Å². The van der Waals surface area contributed by atoms with Gasteiger partial charge in [-0.2, -0.15) is 0 Å². The standard InChI is InChI=1S/C30H24BrNO4S/c1-19-7-5-8-20(13-19)18-36-28-25(31)14-21(15-26(28)35-2)16-27-29(33)32(30(34)37-27)17-23-11-6-10-22-9-3-4-12-24(22)23/h3-16H,17-18H2,1-2H3/b27-16+. The van der Waals surface area contributed by atoms with Crippen molar-refractivity contribution in [2.45, 2.75) is 20.1 Å². The van der Waals surface area contributed by atoms with E-state index in [1.807, 2.05) is 73.7 Å². The summed E-state index contributed by atoms with van der Waals surface area (Å²) in [6, 6.07) is 25.6. The molecule has 37 heavy (non-hydrogen) atoms. The first-order valence-corrected chi connectivity index (χ1v) is 13.3. The summed E-state index contributed by atoms with van der Waals surface area (Å²) in [5.74, 6) is 0.797. The number of thioether (sulfide) groups is 1. The smallest absolute Gasteiger partial charge is 0.293 e. The summed E-state index contributed by atoms with van der Waals surface area (Å²) in [5.41, 5.74) is 3.87. The molecule has 4 aromatic carbocycles. The number of halogens is 1. The van der Waals surface area contributed by atoms with Crippen molar-refractivity contribution in [2.75, 3.05) is 7.11 Å². The molecule has 5 rings (SSSR count). The highest BCUT2D eigenvalue weighted by atomic mass is 79.9. The lowest BCUT2D eigenvalue weighted by Gasteiger charge is -2.15. The highest BCUT2D eigenvalue weighted by molar-refractivity contribution is 9.10. The van der Waals surface area contributed by atoms with E-state index in [4.69, 9.17) is 9.47 Å². The summed E-state index contributed by atoms with van der Waals surface area (Å²) in [7, 11) is 1.57. The van der Waals surface area contributed by atoms with Gasteiger partial charge in [0.1, 0.15) is 6.61 Å². The maximum absolute atomic E-state index is 13.2. The van der Waals surface area contributed by atoms with Crippen LogP contribution in [0.25, 0.3) is 16.8 Å². The monoisotopic (exact) mass is 573 g/mol. The first-order valence-electron chi connectivity index (χ1n) is 11.7. The van der Waals surface area contributed by atoms with Crippen LogP contribution in [0, 0.1) is 6.92 Å². The number of carbonyl (C=O) groups excluding carboxylic acids is 2. The summed E-state index contributed by atoms with van der Waals surface area (Å²) in [5, 5.41) is 1.82. The van der Waals surface area contributed by atoms with Crippen molar-refractivity contribution in [1.29, 1.82) is 0 Å². The fourth-order valence-electron chi connectivity index (χ4n) is 4.31. The van der Waals surface area contributed by atoms with Crippen LogP contribution in [-0.2, 0) is 17.9 Å². The molecule has 1 heterocycles. The van der Waals surface area contributed by atoms with Crippen LogP contribution in [0.3, 0.4) is 0 Å². The molecule has 1 saturated heterocycles. The largest absolute Gasteiger partial charge is 0.493 e. The van der Waals surface area contributed by atoms with Gasteiger partial charge in [-0.1, -0.05) is 72.3 Å². The fourth-order valence-corrected chi connectivity index (χ4v) is 5.72. The highest BCUT2D eigenvalue weighted by Crippen LogP contribution is 2.40. The van der Waals surface area contributed by atoms with E-state index in [1.165, 1.54) is 4.90 Å². The second kappa shape index (κ2) is 10.8. The van der Waals surface area contributed by atoms with Gasteiger partial charge in [0.2, 0.25) is 0 Å². The molecule has 0 spiro atoms. The Labute approximate surface area is 228 Å². The average molecular weight is 574 g/mol. The lowest BCUT2D eigenvalue weighted by Crippen LogP contribution is -2.27. The molecule has 4 aromatic rings. The van der Waals surface area contributed by atoms with Gasteiger partial charge in [-0.25, -0.2) is 0 Å². The summed E-state index contributed by atoms with van der Waals surface area (Å²) in [6.07, 6.45) is 1.71. The molecular formula is C30H24BrNO4S. The number of benzene rings is 4. The Hall–Kier alpha value is -3.55. The minimum absolute atomic E-state index is 0.224. The molecule has 0 saturated carbocycles. The van der Waals surface area contributed by atoms with Crippen molar-refractivity contribution in [1.82, 2.24) is 4.90 Å². The maximum atomic E-state index is 13.2. The molecule has 186 valence electrons. The molecule has 0 aliphatic carbocycles. The minimum atomic E-state index is -0.308. The predicted octanol–water partition coefficient (Wildman–Crippen LogP) is 7.73. The normalized spacial score (nSPS) is 14.6. The van der Waals surface area contributed by atoms with E-state index in [-0.39, 0.29) is 17.7 Å². The number of fused-ring (bicyclic) bond motifs is 1. The van der Waals surface area contributed by atoms with Crippen LogP contribution in [0.5, 0.6) is 11.5 Å². The van der Waals surface area contributed by atoms with Gasteiger partial charge in [0.25, 0.3) is 11.1 Å². The number of methoxy groups -OCH3 is 1. The molecule has 7 heteroatoms. The molecule has 0 atom stereocenters. The van der Waals surface area contributed by atoms with E-state index in [0.717, 1.165) is 44.8 Å². The van der Waals surface area contributed by atoms with E-state index < -0.39 is 0 Å². The van der Waals surface area contributed by atoms with E-state index in [2.05, 4.69) is 22.0 Å². The van der Waals surface area contributed by atoms with Crippen LogP contribution in [-0.4, -0.2) is 23.2 Å². The number of ether oxygens (including phenoxy) is 2. The van der Waals surface area contributed by atoms with E-state index in [9.17, 15) is 9.59 Å². The van der Waals surface area contributed by atoms with Gasteiger partial charge in [-0.05, 0) is 80.3 Å². The number of amides is 2. The molecule has 1 aliphatic heterocycles. The molecule has 0 unspecified atom stereocenters. The van der Waals surface area contributed by atoms with Gasteiger partial charge in [0, 0.05) is 0 Å². The summed E-state index contributed by atoms with van der Waals surface area (Å²) >= 11 is 4.52. The quantitative estimate of drug-likeness (QED) is 0.212. The fraction of sp³-hybridized carbons (Fsp3) is 0.133. The van der Waals surface area contributed by atoms with E-state index in [1.54, 1.807) is 19.3 Å². The van der Waals surface area contributed by atoms with Crippen molar-refractivity contribution in [3.05, 3.63) is 110 Å². The van der Waals surface area contributed by atoms with Crippen LogP contribution >= 0.6 is 27.7 Å². The van der Waals surface area contributed by atoms with Gasteiger partial charge >= 0.3 is 0 Å². The third-order valence-corrected chi connectivity index (χ3v) is 7.59. The zero-order valence-electron chi connectivity index (χ0n) is 20.4. The number of hydrogen-bond acceptors (Lipinski definition) is 5. The van der Waals surface area contributed by atoms with Crippen LogP contribution < -0.4 is 9.47 Å². The number of nitrogens with zero attached hydrogens (tertiary/aromatic N) is 1. The van der Waals surface area contributed by atoms with Gasteiger partial charge in [-0.15, -0.1) is 0 Å². The Bertz CT molecular complexity index is 1540. The molecule has 2 amide bonds. The molecular weight excluding hydrogens is 550 g/mol. The van der Waals surface area contributed by atoms with Gasteiger partial charge in [-0.3, -0.25) is 14.5 Å². The Balaban J connectivity index is 1.37. The third-order valence-electron chi connectivity index (χ3n) is 6.10. The number of aryl methyl sites for hydroxylation is 1. The highest BCUT2D eigenvalue weighted by Gasteiger charge is 2.35. The van der Waals surface area contributed by atoms with Crippen LogP contribution in [0.4, 0.5) is 4.79 Å². The van der Waals surface area contributed by atoms with E-state index in [0.29, 0.717) is 27.5 Å². The minimum Gasteiger partial charge on any atom is -0.493 e. The first kappa shape index (κ1) is 25.1. The van der Waals surface area contributed by atoms with Crippen LogP contribution in [0.15, 0.2) is 88.2 Å². The van der Waals surface area contributed by atoms with Crippen molar-refractivity contribution in [3.63, 3.8) is 0 Å². The van der Waals surface area contributed by atoms with Crippen LogP contribution in [0.1, 0.15) is 22.3 Å². The topological polar surface area (TPSA) is 55.8 Å². The Morgan fingerprint density at radius 1 is 0.973 bits per heavy atom. The molecule has 1 aliphatic rings. The summed E-state index contributed by atoms with van der Waals surface area (Å²) in [6.45, 7) is 2.66. The maximum Gasteiger partial charge on any atom is 0.293 e. The number of hydrogen-bond donors (Lipinski definition) is 0. The summed E-state index contributed by atoms with van der Waals surface area (Å²) in [4.78, 5) is 27.7. The third kappa shape index (κ3) is 5.43. The van der Waals surface area contributed by atoms with Crippen molar-refractivity contribution >= 4 is 55.7 Å². The Morgan fingerprint density at radius 3 is 2.57 bits per heavy atom. The number of rotatable bonds is 7. The molecule has 0 aromatic heterocycles. The van der Waals surface area contributed by atoms with Crippen LogP contribution in [0.2, 0.25) is 0 Å². The van der Waals surface area contributed by atoms with Gasteiger partial charge < -0.3 is 9.47 Å². The van der Waals surface area contributed by atoms with Crippen molar-refractivity contribution in [3.8, 4) is 11.5 Å². The molecule has 5 nitrogen and oxygen atoms in total. The second-order valence-corrected chi connectivity index (χ2v) is 10.6. The predicted molar refractivity (Wildman–Crippen MR) is 152 cm³/mol. The Kier molecular flexibility index (Phi) is 7.35. The lowest BCUT2D eigenvalue weighted by molar-refractivity contribution is -0.123. The van der Waals surface area contributed by atoms with Gasteiger partial charge in [0.05, 0.1) is 23.0 Å². The molecule has 0 N–H and O–H groups in total. The molecule has 0 bridgehead atoms. The molecule has 1 fully saturated rings. The number of imide groups is 1. The first-order chi connectivity index (χ1) is 17.9. The van der Waals surface area contributed by atoms with Crippen molar-refractivity contribution in [2.24, 2.45) is 0 Å². The SMILES string of the molecule is COc1cc(/C=C2/SC(=O)N(Cc3cccc4ccccc34)C2=O)cc(Br)c1OCc1cccc(C)c1. The van der Waals surface area contributed by atoms with Crippen molar-refractivity contribution < 1.29 is 19.1 Å². The zero-order chi connectivity index (χ0) is 25.9. The zero-order valence-corrected chi connectivity index (χ0v) is 22.8. The lowest BCUT2D eigenvalue weighted by atomic mass is 10.0. The summed E-state index contributed by atoms with van der Waals surface area (Å²) < 4.78 is 12.3. The van der Waals surface area contributed by atoms with E-state index >= 15 is 0 Å².